The fraction of sp³-hybridized carbons (Fsp3) is 0.143. The topological polar surface area (TPSA) is 41.5 Å². The van der Waals surface area contributed by atoms with E-state index in [4.69, 9.17) is 4.65 Å². The predicted molar refractivity (Wildman–Crippen MR) is 72.6 cm³/mol. The van der Waals surface area contributed by atoms with Gasteiger partial charge in [-0.05, 0) is 28.7 Å². The maximum Gasteiger partial charge on any atom is 0.491 e. The molecule has 0 saturated carbocycles. The van der Waals surface area contributed by atoms with E-state index in [1.54, 1.807) is 6.07 Å². The molecule has 1 aliphatic rings. The van der Waals surface area contributed by atoms with Crippen LogP contribution in [0.5, 0.6) is 0 Å². The van der Waals surface area contributed by atoms with Gasteiger partial charge in [0.15, 0.2) is 0 Å². The molecule has 96 valence electrons. The summed E-state index contributed by atoms with van der Waals surface area (Å²) in [5.74, 6) is -0.326. The average molecular weight is 257 g/mol. The maximum absolute atomic E-state index is 13.9. The van der Waals surface area contributed by atoms with Gasteiger partial charge in [-0.2, -0.15) is 0 Å². The molecule has 0 atom stereocenters. The van der Waals surface area contributed by atoms with E-state index in [-0.39, 0.29) is 12.4 Å². The second-order valence-electron chi connectivity index (χ2n) is 4.53. The van der Waals surface area contributed by atoms with Crippen molar-refractivity contribution in [2.24, 2.45) is 0 Å². The van der Waals surface area contributed by atoms with Crippen molar-refractivity contribution in [3.8, 4) is 0 Å². The van der Waals surface area contributed by atoms with Crippen LogP contribution in [0.2, 0.25) is 0 Å². The molecule has 0 amide bonds. The SMILES string of the molecule is OB1OCc2cc(F)c(NCc3ccccc3)cc21. The van der Waals surface area contributed by atoms with Gasteiger partial charge in [-0.15, -0.1) is 0 Å². The van der Waals surface area contributed by atoms with E-state index < -0.39 is 7.12 Å². The Morgan fingerprint density at radius 3 is 2.84 bits per heavy atom. The Balaban J connectivity index is 1.80. The molecule has 0 aromatic heterocycles. The summed E-state index contributed by atoms with van der Waals surface area (Å²) in [6, 6.07) is 12.8. The fourth-order valence-corrected chi connectivity index (χ4v) is 2.17. The first kappa shape index (κ1) is 12.2. The lowest BCUT2D eigenvalue weighted by Crippen LogP contribution is -2.28. The molecular formula is C14H13BFNO2. The van der Waals surface area contributed by atoms with E-state index in [2.05, 4.69) is 5.32 Å². The van der Waals surface area contributed by atoms with Crippen molar-refractivity contribution in [3.63, 3.8) is 0 Å². The molecule has 1 aliphatic heterocycles. The molecule has 0 unspecified atom stereocenters. The molecule has 19 heavy (non-hydrogen) atoms. The van der Waals surface area contributed by atoms with Crippen LogP contribution in [0.1, 0.15) is 11.1 Å². The van der Waals surface area contributed by atoms with Crippen molar-refractivity contribution < 1.29 is 14.1 Å². The van der Waals surface area contributed by atoms with Gasteiger partial charge in [0.1, 0.15) is 5.82 Å². The molecule has 3 rings (SSSR count). The molecule has 0 radical (unpaired) electrons. The van der Waals surface area contributed by atoms with Crippen molar-refractivity contribution in [2.75, 3.05) is 5.32 Å². The first-order valence-corrected chi connectivity index (χ1v) is 6.14. The molecule has 3 nitrogen and oxygen atoms in total. The van der Waals surface area contributed by atoms with Crippen molar-refractivity contribution in [1.82, 2.24) is 0 Å². The smallest absolute Gasteiger partial charge is 0.423 e. The van der Waals surface area contributed by atoms with Gasteiger partial charge < -0.3 is 15.0 Å². The lowest BCUT2D eigenvalue weighted by Gasteiger charge is -2.10. The summed E-state index contributed by atoms with van der Waals surface area (Å²) >= 11 is 0. The number of anilines is 1. The molecule has 0 fully saturated rings. The number of hydrogen-bond donors (Lipinski definition) is 2. The first-order valence-electron chi connectivity index (χ1n) is 6.14. The summed E-state index contributed by atoms with van der Waals surface area (Å²) in [4.78, 5) is 0. The van der Waals surface area contributed by atoms with Crippen LogP contribution in [0.15, 0.2) is 42.5 Å². The Morgan fingerprint density at radius 2 is 2.05 bits per heavy atom. The average Bonchev–Trinajstić information content (AvgIpc) is 2.78. The number of rotatable bonds is 3. The summed E-state index contributed by atoms with van der Waals surface area (Å²) in [5, 5.41) is 12.6. The zero-order chi connectivity index (χ0) is 13.2. The summed E-state index contributed by atoms with van der Waals surface area (Å²) < 4.78 is 18.9. The largest absolute Gasteiger partial charge is 0.491 e. The van der Waals surface area contributed by atoms with Gasteiger partial charge in [0, 0.05) is 6.54 Å². The molecule has 0 bridgehead atoms. The number of benzene rings is 2. The van der Waals surface area contributed by atoms with E-state index in [9.17, 15) is 9.41 Å². The Morgan fingerprint density at radius 1 is 1.26 bits per heavy atom. The Bertz CT molecular complexity index is 591. The summed E-state index contributed by atoms with van der Waals surface area (Å²) in [6.45, 7) is 0.792. The van der Waals surface area contributed by atoms with Gasteiger partial charge in [0.25, 0.3) is 0 Å². The minimum Gasteiger partial charge on any atom is -0.423 e. The van der Waals surface area contributed by atoms with Crippen molar-refractivity contribution in [2.45, 2.75) is 13.2 Å². The molecule has 0 saturated heterocycles. The molecular weight excluding hydrogens is 244 g/mol. The van der Waals surface area contributed by atoms with E-state index >= 15 is 0 Å². The molecule has 0 spiro atoms. The fourth-order valence-electron chi connectivity index (χ4n) is 2.17. The Labute approximate surface area is 111 Å². The Hall–Kier alpha value is -1.85. The van der Waals surface area contributed by atoms with Crippen LogP contribution in [-0.4, -0.2) is 12.1 Å². The molecule has 0 aliphatic carbocycles. The van der Waals surface area contributed by atoms with Gasteiger partial charge in [-0.25, -0.2) is 4.39 Å². The van der Waals surface area contributed by atoms with Crippen LogP contribution >= 0.6 is 0 Å². The highest BCUT2D eigenvalue weighted by Crippen LogP contribution is 2.19. The van der Waals surface area contributed by atoms with Gasteiger partial charge in [-0.1, -0.05) is 30.3 Å². The van der Waals surface area contributed by atoms with Gasteiger partial charge in [0.05, 0.1) is 12.3 Å². The molecule has 5 heteroatoms. The number of nitrogens with one attached hydrogen (secondary N) is 1. The zero-order valence-corrected chi connectivity index (χ0v) is 10.3. The van der Waals surface area contributed by atoms with E-state index in [0.29, 0.717) is 23.3 Å². The predicted octanol–water partition coefficient (Wildman–Crippen LogP) is 1.66. The van der Waals surface area contributed by atoms with Crippen LogP contribution in [0.4, 0.5) is 10.1 Å². The van der Waals surface area contributed by atoms with Gasteiger partial charge >= 0.3 is 7.12 Å². The third kappa shape index (κ3) is 2.48. The van der Waals surface area contributed by atoms with Crippen molar-refractivity contribution in [1.29, 1.82) is 0 Å². The summed E-state index contributed by atoms with van der Waals surface area (Å²) in [6.07, 6.45) is 0. The van der Waals surface area contributed by atoms with Crippen LogP contribution in [0, 0.1) is 5.82 Å². The number of hydrogen-bond acceptors (Lipinski definition) is 3. The van der Waals surface area contributed by atoms with Crippen LogP contribution in [0.25, 0.3) is 0 Å². The number of fused-ring (bicyclic) bond motifs is 1. The quantitative estimate of drug-likeness (QED) is 0.821. The summed E-state index contributed by atoms with van der Waals surface area (Å²) in [5.41, 5.74) is 2.79. The third-order valence-electron chi connectivity index (χ3n) is 3.22. The van der Waals surface area contributed by atoms with Crippen molar-refractivity contribution in [3.05, 3.63) is 59.4 Å². The molecule has 2 aromatic carbocycles. The second kappa shape index (κ2) is 5.03. The monoisotopic (exact) mass is 257 g/mol. The Kier molecular flexibility index (Phi) is 3.23. The summed E-state index contributed by atoms with van der Waals surface area (Å²) in [7, 11) is -0.951. The van der Waals surface area contributed by atoms with Crippen LogP contribution in [0.3, 0.4) is 0 Å². The minimum atomic E-state index is -0.951. The highest BCUT2D eigenvalue weighted by molar-refractivity contribution is 6.61. The third-order valence-corrected chi connectivity index (χ3v) is 3.22. The highest BCUT2D eigenvalue weighted by atomic mass is 19.1. The lowest BCUT2D eigenvalue weighted by molar-refractivity contribution is 0.275. The molecule has 2 N–H and O–H groups in total. The first-order chi connectivity index (χ1) is 9.24. The van der Waals surface area contributed by atoms with E-state index in [1.807, 2.05) is 30.3 Å². The zero-order valence-electron chi connectivity index (χ0n) is 10.3. The van der Waals surface area contributed by atoms with Gasteiger partial charge in [-0.3, -0.25) is 0 Å². The second-order valence-corrected chi connectivity index (χ2v) is 4.53. The van der Waals surface area contributed by atoms with Gasteiger partial charge in [0.2, 0.25) is 0 Å². The van der Waals surface area contributed by atoms with E-state index in [0.717, 1.165) is 5.56 Å². The normalized spacial score (nSPS) is 13.5. The van der Waals surface area contributed by atoms with Crippen molar-refractivity contribution >= 4 is 18.3 Å². The number of halogens is 1. The molecule has 1 heterocycles. The molecule has 2 aromatic rings. The minimum absolute atomic E-state index is 0.256. The highest BCUT2D eigenvalue weighted by Gasteiger charge is 2.28. The van der Waals surface area contributed by atoms with E-state index in [1.165, 1.54) is 6.07 Å². The van der Waals surface area contributed by atoms with Crippen LogP contribution < -0.4 is 10.8 Å². The van der Waals surface area contributed by atoms with Crippen LogP contribution in [-0.2, 0) is 17.8 Å². The standard InChI is InChI=1S/C14H13BFNO2/c16-13-6-11-9-19-15(18)12(11)7-14(13)17-8-10-4-2-1-3-5-10/h1-7,17-18H,8-9H2. The lowest BCUT2D eigenvalue weighted by atomic mass is 9.79. The maximum atomic E-state index is 13.9.